The molecule has 0 aliphatic carbocycles. The number of hydrogen-bond acceptors (Lipinski definition) is 3. The first-order valence-electron chi connectivity index (χ1n) is 9.78. The summed E-state index contributed by atoms with van der Waals surface area (Å²) < 4.78 is 0. The van der Waals surface area contributed by atoms with Crippen LogP contribution in [0.5, 0.6) is 0 Å². The highest BCUT2D eigenvalue weighted by atomic mass is 35.5. The summed E-state index contributed by atoms with van der Waals surface area (Å²) in [7, 11) is 1.98. The Balaban J connectivity index is 1.46. The van der Waals surface area contributed by atoms with Crippen LogP contribution >= 0.6 is 11.6 Å². The molecule has 4 rings (SSSR count). The Bertz CT molecular complexity index is 983. The fraction of sp³-hybridized carbons (Fsp3) is 0.364. The number of benzene rings is 2. The molecule has 2 N–H and O–H groups in total. The van der Waals surface area contributed by atoms with Gasteiger partial charge in [0.05, 0.1) is 11.3 Å². The molecule has 0 bridgehead atoms. The lowest BCUT2D eigenvalue weighted by atomic mass is 9.90. The Morgan fingerprint density at radius 2 is 1.83 bits per heavy atom. The first kappa shape index (κ1) is 19.6. The van der Waals surface area contributed by atoms with Crippen LogP contribution in [0, 0.1) is 13.8 Å². The van der Waals surface area contributed by atoms with Gasteiger partial charge in [0.15, 0.2) is 0 Å². The van der Waals surface area contributed by atoms with E-state index in [1.807, 2.05) is 45.2 Å². The number of rotatable bonds is 1. The molecule has 1 spiro atoms. The zero-order chi connectivity index (χ0) is 20.8. The molecule has 2 aromatic rings. The molecule has 0 saturated carbocycles. The molecule has 152 valence electrons. The van der Waals surface area contributed by atoms with Gasteiger partial charge < -0.3 is 20.4 Å². The molecule has 2 heterocycles. The van der Waals surface area contributed by atoms with Gasteiger partial charge in [0.25, 0.3) is 5.91 Å². The highest BCUT2D eigenvalue weighted by Gasteiger charge is 2.44. The summed E-state index contributed by atoms with van der Waals surface area (Å²) in [6.45, 7) is 5.20. The number of likely N-dealkylation sites (tertiary alicyclic amines) is 1. The Labute approximate surface area is 175 Å². The van der Waals surface area contributed by atoms with Gasteiger partial charge in [0, 0.05) is 43.7 Å². The van der Waals surface area contributed by atoms with Crippen molar-refractivity contribution in [2.45, 2.75) is 32.4 Å². The number of nitrogens with one attached hydrogen (secondary N) is 2. The number of halogens is 1. The van der Waals surface area contributed by atoms with E-state index in [0.717, 1.165) is 16.9 Å². The minimum absolute atomic E-state index is 0.111. The Hall–Kier alpha value is -2.73. The zero-order valence-electron chi connectivity index (χ0n) is 16.9. The van der Waals surface area contributed by atoms with Gasteiger partial charge in [-0.05, 0) is 55.3 Å². The van der Waals surface area contributed by atoms with Gasteiger partial charge in [-0.3, -0.25) is 4.79 Å². The number of aryl methyl sites for hydroxylation is 2. The van der Waals surface area contributed by atoms with E-state index in [-0.39, 0.29) is 11.9 Å². The van der Waals surface area contributed by atoms with Crippen LogP contribution in [0.25, 0.3) is 0 Å². The van der Waals surface area contributed by atoms with Crippen molar-refractivity contribution in [2.75, 3.05) is 30.4 Å². The van der Waals surface area contributed by atoms with Gasteiger partial charge in [-0.25, -0.2) is 4.79 Å². The molecule has 0 atom stereocenters. The Morgan fingerprint density at radius 1 is 1.10 bits per heavy atom. The average Bonchev–Trinajstić information content (AvgIpc) is 2.69. The second-order valence-corrected chi connectivity index (χ2v) is 8.36. The third kappa shape index (κ3) is 3.53. The first-order chi connectivity index (χ1) is 13.8. The summed E-state index contributed by atoms with van der Waals surface area (Å²) in [6, 6.07) is 11.2. The summed E-state index contributed by atoms with van der Waals surface area (Å²) in [5.74, 6) is -0.117. The lowest BCUT2D eigenvalue weighted by molar-refractivity contribution is 0.0815. The number of urea groups is 1. The molecule has 7 heteroatoms. The van der Waals surface area contributed by atoms with Crippen molar-refractivity contribution in [3.63, 3.8) is 0 Å². The standard InChI is InChI=1S/C22H25ClN4O2/c1-14-4-6-17(12-15(14)2)24-21(29)27-10-8-22(9-11-27)25-20(28)18-13-16(23)5-7-19(18)26(22)3/h4-7,12-13H,8-11H2,1-3H3,(H,24,29)(H,25,28). The fourth-order valence-corrected chi connectivity index (χ4v) is 4.31. The van der Waals surface area contributed by atoms with E-state index in [9.17, 15) is 9.59 Å². The van der Waals surface area contributed by atoms with Crippen molar-refractivity contribution in [2.24, 2.45) is 0 Å². The number of carbonyl (C=O) groups is 2. The maximum Gasteiger partial charge on any atom is 0.321 e. The number of hydrogen-bond donors (Lipinski definition) is 2. The molecule has 3 amide bonds. The molecular formula is C22H25ClN4O2. The first-order valence-corrected chi connectivity index (χ1v) is 10.2. The average molecular weight is 413 g/mol. The number of fused-ring (bicyclic) bond motifs is 1. The molecule has 0 radical (unpaired) electrons. The van der Waals surface area contributed by atoms with E-state index >= 15 is 0 Å². The molecule has 0 unspecified atom stereocenters. The van der Waals surface area contributed by atoms with Crippen LogP contribution in [0.1, 0.15) is 34.3 Å². The van der Waals surface area contributed by atoms with Crippen LogP contribution in [-0.4, -0.2) is 42.6 Å². The van der Waals surface area contributed by atoms with Gasteiger partial charge in [-0.2, -0.15) is 0 Å². The van der Waals surface area contributed by atoms with Gasteiger partial charge in [0.2, 0.25) is 0 Å². The maximum absolute atomic E-state index is 12.7. The molecule has 2 aliphatic heterocycles. The monoisotopic (exact) mass is 412 g/mol. The molecule has 1 fully saturated rings. The molecule has 29 heavy (non-hydrogen) atoms. The van der Waals surface area contributed by atoms with Gasteiger partial charge >= 0.3 is 6.03 Å². The maximum atomic E-state index is 12.7. The van der Waals surface area contributed by atoms with Crippen LogP contribution in [0.4, 0.5) is 16.2 Å². The molecule has 6 nitrogen and oxygen atoms in total. The summed E-state index contributed by atoms with van der Waals surface area (Å²) in [4.78, 5) is 29.3. The van der Waals surface area contributed by atoms with E-state index in [2.05, 4.69) is 15.5 Å². The van der Waals surface area contributed by atoms with Crippen LogP contribution in [0.15, 0.2) is 36.4 Å². The zero-order valence-corrected chi connectivity index (χ0v) is 17.6. The summed E-state index contributed by atoms with van der Waals surface area (Å²) >= 11 is 6.06. The third-order valence-corrected chi connectivity index (χ3v) is 6.42. The number of piperidine rings is 1. The van der Waals surface area contributed by atoms with E-state index in [1.165, 1.54) is 5.56 Å². The Morgan fingerprint density at radius 3 is 2.52 bits per heavy atom. The second-order valence-electron chi connectivity index (χ2n) is 7.92. The van der Waals surface area contributed by atoms with Crippen molar-refractivity contribution in [3.8, 4) is 0 Å². The third-order valence-electron chi connectivity index (χ3n) is 6.19. The second kappa shape index (κ2) is 7.26. The molecule has 1 saturated heterocycles. The smallest absolute Gasteiger partial charge is 0.321 e. The SMILES string of the molecule is Cc1ccc(NC(=O)N2CCC3(CC2)NC(=O)c2cc(Cl)ccc2N3C)cc1C. The number of amides is 3. The minimum atomic E-state index is -0.491. The summed E-state index contributed by atoms with van der Waals surface area (Å²) in [5.41, 5.74) is 4.10. The van der Waals surface area contributed by atoms with Crippen LogP contribution in [0.3, 0.4) is 0 Å². The van der Waals surface area contributed by atoms with Crippen molar-refractivity contribution in [3.05, 3.63) is 58.1 Å². The van der Waals surface area contributed by atoms with Gasteiger partial charge in [-0.15, -0.1) is 0 Å². The molecule has 2 aromatic carbocycles. The largest absolute Gasteiger partial charge is 0.351 e. The highest BCUT2D eigenvalue weighted by molar-refractivity contribution is 6.31. The number of anilines is 2. The summed E-state index contributed by atoms with van der Waals surface area (Å²) in [6.07, 6.45) is 1.30. The normalized spacial score (nSPS) is 17.7. The van der Waals surface area contributed by atoms with Crippen molar-refractivity contribution in [1.82, 2.24) is 10.2 Å². The van der Waals surface area contributed by atoms with E-state index in [1.54, 1.807) is 17.0 Å². The topological polar surface area (TPSA) is 64.7 Å². The van der Waals surface area contributed by atoms with E-state index in [4.69, 9.17) is 11.6 Å². The molecular weight excluding hydrogens is 388 g/mol. The van der Waals surface area contributed by atoms with Crippen LogP contribution in [-0.2, 0) is 0 Å². The predicted molar refractivity (Wildman–Crippen MR) is 116 cm³/mol. The lowest BCUT2D eigenvalue weighted by Gasteiger charge is -2.51. The molecule has 2 aliphatic rings. The lowest BCUT2D eigenvalue weighted by Crippen LogP contribution is -2.67. The van der Waals surface area contributed by atoms with Gasteiger partial charge in [0.1, 0.15) is 5.66 Å². The van der Waals surface area contributed by atoms with E-state index < -0.39 is 5.66 Å². The fourth-order valence-electron chi connectivity index (χ4n) is 4.14. The van der Waals surface area contributed by atoms with E-state index in [0.29, 0.717) is 36.5 Å². The minimum Gasteiger partial charge on any atom is -0.351 e. The van der Waals surface area contributed by atoms with Gasteiger partial charge in [-0.1, -0.05) is 17.7 Å². The molecule has 0 aromatic heterocycles. The highest BCUT2D eigenvalue weighted by Crippen LogP contribution is 2.37. The summed E-state index contributed by atoms with van der Waals surface area (Å²) in [5, 5.41) is 6.68. The number of nitrogens with zero attached hydrogens (tertiary/aromatic N) is 2. The predicted octanol–water partition coefficient (Wildman–Crippen LogP) is 4.16. The quantitative estimate of drug-likeness (QED) is 0.739. The Kier molecular flexibility index (Phi) is 4.90. The number of carbonyl (C=O) groups excluding carboxylic acids is 2. The van der Waals surface area contributed by atoms with Crippen molar-refractivity contribution < 1.29 is 9.59 Å². The van der Waals surface area contributed by atoms with Crippen molar-refractivity contribution in [1.29, 1.82) is 0 Å². The van der Waals surface area contributed by atoms with Crippen LogP contribution in [0.2, 0.25) is 5.02 Å². The van der Waals surface area contributed by atoms with Crippen LogP contribution < -0.4 is 15.5 Å². The van der Waals surface area contributed by atoms with Crippen molar-refractivity contribution >= 4 is 34.9 Å².